The Morgan fingerprint density at radius 3 is 2.00 bits per heavy atom. The van der Waals surface area contributed by atoms with E-state index in [1.807, 2.05) is 0 Å². The van der Waals surface area contributed by atoms with E-state index in [2.05, 4.69) is 4.74 Å². The van der Waals surface area contributed by atoms with Crippen molar-refractivity contribution < 1.29 is 30.3 Å². The predicted molar refractivity (Wildman–Crippen MR) is 36.0 cm³/mol. The van der Waals surface area contributed by atoms with Gasteiger partial charge in [0.2, 0.25) is 0 Å². The van der Waals surface area contributed by atoms with Crippen LogP contribution in [-0.4, -0.2) is 62.8 Å². The Hall–Kier alpha value is -0.240. The topological polar surface area (TPSA) is 110 Å². The summed E-state index contributed by atoms with van der Waals surface area (Å²) in [6, 6.07) is 0. The summed E-state index contributed by atoms with van der Waals surface area (Å²) in [7, 11) is 0. The molecule has 0 saturated carbocycles. The van der Waals surface area contributed by atoms with Crippen LogP contribution in [0.5, 0.6) is 0 Å². The zero-order chi connectivity index (χ0) is 9.30. The first kappa shape index (κ1) is 9.85. The molecule has 0 amide bonds. The lowest BCUT2D eigenvalue weighted by Gasteiger charge is -2.37. The average Bonchev–Trinajstić information content (AvgIpc) is 2.08. The van der Waals surface area contributed by atoms with Gasteiger partial charge in [0.25, 0.3) is 0 Å². The molecular weight excluding hydrogens is 168 g/mol. The van der Waals surface area contributed by atoms with E-state index in [-0.39, 0.29) is 0 Å². The molecule has 0 bridgehead atoms. The molecule has 0 aromatic rings. The third kappa shape index (κ3) is 1.58. The fourth-order valence-electron chi connectivity index (χ4n) is 1.08. The Bertz CT molecular complexity index is 146. The van der Waals surface area contributed by atoms with Gasteiger partial charge in [-0.1, -0.05) is 0 Å². The molecule has 1 fully saturated rings. The first-order chi connectivity index (χ1) is 5.57. The van der Waals surface area contributed by atoms with E-state index in [0.29, 0.717) is 0 Å². The van der Waals surface area contributed by atoms with Gasteiger partial charge in [-0.05, 0) is 0 Å². The van der Waals surface area contributed by atoms with E-state index >= 15 is 0 Å². The van der Waals surface area contributed by atoms with Crippen LogP contribution in [0.3, 0.4) is 0 Å². The Morgan fingerprint density at radius 1 is 0.917 bits per heavy atom. The van der Waals surface area contributed by atoms with Crippen molar-refractivity contribution in [1.82, 2.24) is 0 Å². The highest BCUT2D eigenvalue weighted by atomic mass is 16.6. The Kier molecular flexibility index (Phi) is 2.99. The summed E-state index contributed by atoms with van der Waals surface area (Å²) in [6.45, 7) is -0.526. The van der Waals surface area contributed by atoms with Gasteiger partial charge >= 0.3 is 0 Å². The first-order valence-electron chi connectivity index (χ1n) is 3.56. The van der Waals surface area contributed by atoms with Gasteiger partial charge in [0.05, 0.1) is 6.61 Å². The zero-order valence-electron chi connectivity index (χ0n) is 6.24. The minimum Gasteiger partial charge on any atom is -0.394 e. The number of hydrogen-bond donors (Lipinski definition) is 5. The molecule has 0 aromatic heterocycles. The largest absolute Gasteiger partial charge is 0.394 e. The van der Waals surface area contributed by atoms with E-state index in [0.717, 1.165) is 0 Å². The van der Waals surface area contributed by atoms with Gasteiger partial charge in [-0.3, -0.25) is 0 Å². The van der Waals surface area contributed by atoms with Gasteiger partial charge in [-0.2, -0.15) is 0 Å². The van der Waals surface area contributed by atoms with Crippen LogP contribution < -0.4 is 0 Å². The van der Waals surface area contributed by atoms with Crippen molar-refractivity contribution in [1.29, 1.82) is 0 Å². The van der Waals surface area contributed by atoms with Crippen LogP contribution in [0, 0.1) is 0 Å². The Morgan fingerprint density at radius 2 is 1.50 bits per heavy atom. The second-order valence-electron chi connectivity index (χ2n) is 2.72. The minimum absolute atomic E-state index is 0.526. The number of ether oxygens (including phenoxy) is 1. The fourth-order valence-corrected chi connectivity index (χ4v) is 1.08. The Labute approximate surface area is 68.6 Å². The molecule has 6 nitrogen and oxygen atoms in total. The summed E-state index contributed by atoms with van der Waals surface area (Å²) in [4.78, 5) is 0. The number of hydrogen-bond acceptors (Lipinski definition) is 6. The van der Waals surface area contributed by atoms with Crippen LogP contribution in [0.2, 0.25) is 0 Å². The van der Waals surface area contributed by atoms with Crippen LogP contribution in [0.4, 0.5) is 0 Å². The summed E-state index contributed by atoms with van der Waals surface area (Å²) in [6.07, 6.45) is -7.04. The van der Waals surface area contributed by atoms with Gasteiger partial charge in [0.15, 0.2) is 6.29 Å². The van der Waals surface area contributed by atoms with E-state index in [9.17, 15) is 0 Å². The van der Waals surface area contributed by atoms with Gasteiger partial charge in [0.1, 0.15) is 24.4 Å². The SMILES string of the molecule is OCC1O[C@H](O)[C@@H](O)[C@@H](O)[C@@H]1O. The minimum atomic E-state index is -1.57. The highest BCUT2D eigenvalue weighted by molar-refractivity contribution is 4.87. The summed E-state index contributed by atoms with van der Waals surface area (Å²) in [5, 5.41) is 44.7. The number of aliphatic hydroxyl groups is 5. The molecule has 0 spiro atoms. The summed E-state index contributed by atoms with van der Waals surface area (Å²) >= 11 is 0. The van der Waals surface area contributed by atoms with Crippen LogP contribution in [-0.2, 0) is 4.74 Å². The molecule has 6 heteroatoms. The van der Waals surface area contributed by atoms with Crippen molar-refractivity contribution in [2.24, 2.45) is 0 Å². The molecule has 1 saturated heterocycles. The molecule has 5 N–H and O–H groups in total. The molecular formula is C6H12O6. The highest BCUT2D eigenvalue weighted by Gasteiger charge is 2.42. The smallest absolute Gasteiger partial charge is 0.184 e. The summed E-state index contributed by atoms with van der Waals surface area (Å²) in [5.41, 5.74) is 0. The second kappa shape index (κ2) is 3.65. The molecule has 1 aliphatic heterocycles. The fraction of sp³-hybridized carbons (Fsp3) is 1.00. The second-order valence-corrected chi connectivity index (χ2v) is 2.72. The molecule has 5 atom stereocenters. The van der Waals surface area contributed by atoms with Crippen molar-refractivity contribution in [2.45, 2.75) is 30.7 Å². The quantitative estimate of drug-likeness (QED) is 0.290. The lowest BCUT2D eigenvalue weighted by molar-refractivity contribution is -0.286. The predicted octanol–water partition coefficient (Wildman–Crippen LogP) is -3.22. The van der Waals surface area contributed by atoms with Crippen molar-refractivity contribution in [3.05, 3.63) is 0 Å². The lowest BCUT2D eigenvalue weighted by Crippen LogP contribution is -2.58. The summed E-state index contributed by atoms with van der Waals surface area (Å²) in [5.74, 6) is 0. The maximum absolute atomic E-state index is 9.12. The van der Waals surface area contributed by atoms with Crippen LogP contribution >= 0.6 is 0 Å². The number of aliphatic hydroxyl groups excluding tert-OH is 5. The maximum Gasteiger partial charge on any atom is 0.184 e. The maximum atomic E-state index is 9.12. The Balaban J connectivity index is 2.63. The van der Waals surface area contributed by atoms with Crippen LogP contribution in [0.15, 0.2) is 0 Å². The monoisotopic (exact) mass is 180 g/mol. The lowest BCUT2D eigenvalue weighted by atomic mass is 10.00. The molecule has 12 heavy (non-hydrogen) atoms. The zero-order valence-corrected chi connectivity index (χ0v) is 6.24. The van der Waals surface area contributed by atoms with Crippen LogP contribution in [0.1, 0.15) is 0 Å². The van der Waals surface area contributed by atoms with Gasteiger partial charge < -0.3 is 30.3 Å². The molecule has 1 rings (SSSR count). The van der Waals surface area contributed by atoms with E-state index < -0.39 is 37.3 Å². The molecule has 1 aliphatic rings. The van der Waals surface area contributed by atoms with Crippen molar-refractivity contribution in [2.75, 3.05) is 6.61 Å². The highest BCUT2D eigenvalue weighted by Crippen LogP contribution is 2.18. The third-order valence-corrected chi connectivity index (χ3v) is 1.87. The van der Waals surface area contributed by atoms with Gasteiger partial charge in [-0.25, -0.2) is 0 Å². The molecule has 72 valence electrons. The number of rotatable bonds is 1. The normalized spacial score (nSPS) is 49.2. The molecule has 0 radical (unpaired) electrons. The van der Waals surface area contributed by atoms with Crippen LogP contribution in [0.25, 0.3) is 0 Å². The average molecular weight is 180 g/mol. The molecule has 1 unspecified atom stereocenters. The van der Waals surface area contributed by atoms with Gasteiger partial charge in [0, 0.05) is 0 Å². The van der Waals surface area contributed by atoms with Crippen molar-refractivity contribution in [3.63, 3.8) is 0 Å². The van der Waals surface area contributed by atoms with Crippen molar-refractivity contribution in [3.8, 4) is 0 Å². The summed E-state index contributed by atoms with van der Waals surface area (Å²) < 4.78 is 4.58. The van der Waals surface area contributed by atoms with E-state index in [4.69, 9.17) is 25.5 Å². The molecule has 0 aromatic carbocycles. The standard InChI is InChI=1S/C6H12O6/c7-1-2-3(8)4(9)5(10)6(11)12-2/h2-11H,1H2/t2?,3-,4+,5+,6+/m1/s1. The van der Waals surface area contributed by atoms with E-state index in [1.54, 1.807) is 0 Å². The van der Waals surface area contributed by atoms with E-state index in [1.165, 1.54) is 0 Å². The molecule has 1 heterocycles. The first-order valence-corrected chi connectivity index (χ1v) is 3.56. The molecule has 0 aliphatic carbocycles. The third-order valence-electron chi connectivity index (χ3n) is 1.87. The van der Waals surface area contributed by atoms with Gasteiger partial charge in [-0.15, -0.1) is 0 Å². The van der Waals surface area contributed by atoms with Crippen molar-refractivity contribution >= 4 is 0 Å².